The summed E-state index contributed by atoms with van der Waals surface area (Å²) in [7, 11) is 0. The van der Waals surface area contributed by atoms with E-state index in [1.807, 2.05) is 31.2 Å². The lowest BCUT2D eigenvalue weighted by molar-refractivity contribution is 0.0531. The van der Waals surface area contributed by atoms with Crippen molar-refractivity contribution in [3.8, 4) is 0 Å². The first-order chi connectivity index (χ1) is 12.6. The lowest BCUT2D eigenvalue weighted by Crippen LogP contribution is -2.21. The van der Waals surface area contributed by atoms with E-state index >= 15 is 0 Å². The first-order valence-electron chi connectivity index (χ1n) is 8.53. The van der Waals surface area contributed by atoms with Gasteiger partial charge in [-0.2, -0.15) is 0 Å². The Morgan fingerprint density at radius 1 is 1.38 bits per heavy atom. The minimum atomic E-state index is -0.527. The van der Waals surface area contributed by atoms with Gasteiger partial charge in [-0.1, -0.05) is 24.3 Å². The molecule has 0 radical (unpaired) electrons. The monoisotopic (exact) mass is 369 g/mol. The van der Waals surface area contributed by atoms with Crippen LogP contribution in [0, 0.1) is 6.92 Å². The van der Waals surface area contributed by atoms with Gasteiger partial charge in [0.05, 0.1) is 24.1 Å². The van der Waals surface area contributed by atoms with Crippen molar-refractivity contribution in [2.75, 3.05) is 11.9 Å². The highest BCUT2D eigenvalue weighted by molar-refractivity contribution is 7.20. The maximum atomic E-state index is 12.2. The van der Waals surface area contributed by atoms with Crippen molar-refractivity contribution in [1.29, 1.82) is 0 Å². The zero-order valence-electron chi connectivity index (χ0n) is 14.5. The van der Waals surface area contributed by atoms with Gasteiger partial charge >= 0.3 is 5.97 Å². The third kappa shape index (κ3) is 2.73. The SMILES string of the molecule is CCOC(=O)c1sc2ncnc(N[C@@H]3c4ccccc4C[C@H]3O)c2c1C. The number of aliphatic hydroxyl groups excluding tert-OH is 1. The first kappa shape index (κ1) is 16.9. The van der Waals surface area contributed by atoms with Crippen LogP contribution in [0.3, 0.4) is 0 Å². The molecule has 4 rings (SSSR count). The minimum Gasteiger partial charge on any atom is -0.462 e. The second kappa shape index (κ2) is 6.66. The summed E-state index contributed by atoms with van der Waals surface area (Å²) >= 11 is 1.30. The maximum Gasteiger partial charge on any atom is 0.348 e. The fraction of sp³-hybridized carbons (Fsp3) is 0.316. The molecule has 0 amide bonds. The van der Waals surface area contributed by atoms with Crippen molar-refractivity contribution in [1.82, 2.24) is 9.97 Å². The molecule has 0 aliphatic heterocycles. The number of benzene rings is 1. The number of carbonyl (C=O) groups excluding carboxylic acids is 1. The minimum absolute atomic E-state index is 0.241. The van der Waals surface area contributed by atoms with E-state index in [1.165, 1.54) is 17.7 Å². The maximum absolute atomic E-state index is 12.2. The molecule has 2 heterocycles. The summed E-state index contributed by atoms with van der Waals surface area (Å²) in [5.41, 5.74) is 3.01. The van der Waals surface area contributed by atoms with E-state index in [0.29, 0.717) is 23.7 Å². The van der Waals surface area contributed by atoms with Crippen molar-refractivity contribution >= 4 is 33.3 Å². The van der Waals surface area contributed by atoms with Crippen molar-refractivity contribution in [2.45, 2.75) is 32.4 Å². The van der Waals surface area contributed by atoms with Gasteiger partial charge in [-0.25, -0.2) is 14.8 Å². The molecule has 2 atom stereocenters. The molecule has 2 aromatic heterocycles. The van der Waals surface area contributed by atoms with E-state index < -0.39 is 6.10 Å². The van der Waals surface area contributed by atoms with Crippen molar-refractivity contribution in [2.24, 2.45) is 0 Å². The molecule has 3 aromatic rings. The number of thiophene rings is 1. The van der Waals surface area contributed by atoms with Crippen LogP contribution in [0.2, 0.25) is 0 Å². The van der Waals surface area contributed by atoms with Crippen LogP contribution in [0.4, 0.5) is 5.82 Å². The Labute approximate surface area is 154 Å². The summed E-state index contributed by atoms with van der Waals surface area (Å²) in [6.45, 7) is 3.99. The molecule has 0 spiro atoms. The van der Waals surface area contributed by atoms with Crippen LogP contribution in [-0.4, -0.2) is 33.8 Å². The van der Waals surface area contributed by atoms with Crippen LogP contribution < -0.4 is 5.32 Å². The molecule has 7 heteroatoms. The molecule has 0 saturated carbocycles. The highest BCUT2D eigenvalue weighted by atomic mass is 32.1. The number of anilines is 1. The Morgan fingerprint density at radius 2 is 2.19 bits per heavy atom. The molecular weight excluding hydrogens is 350 g/mol. The Bertz CT molecular complexity index is 985. The molecule has 1 aromatic carbocycles. The van der Waals surface area contributed by atoms with Crippen molar-refractivity contribution in [3.63, 3.8) is 0 Å². The second-order valence-corrected chi connectivity index (χ2v) is 7.27. The molecule has 26 heavy (non-hydrogen) atoms. The van der Waals surface area contributed by atoms with Gasteiger partial charge < -0.3 is 15.2 Å². The predicted octanol–water partition coefficient (Wildman–Crippen LogP) is 3.25. The highest BCUT2D eigenvalue weighted by Crippen LogP contribution is 2.38. The molecular formula is C19H19N3O3S. The largest absolute Gasteiger partial charge is 0.462 e. The molecule has 1 aliphatic rings. The van der Waals surface area contributed by atoms with Gasteiger partial charge in [0.2, 0.25) is 0 Å². The summed E-state index contributed by atoms with van der Waals surface area (Å²) in [5, 5.41) is 14.7. The number of hydrogen-bond donors (Lipinski definition) is 2. The number of hydrogen-bond acceptors (Lipinski definition) is 7. The van der Waals surface area contributed by atoms with E-state index in [9.17, 15) is 9.90 Å². The second-order valence-electron chi connectivity index (χ2n) is 6.27. The number of fused-ring (bicyclic) bond motifs is 2. The topological polar surface area (TPSA) is 84.3 Å². The van der Waals surface area contributed by atoms with Gasteiger partial charge in [-0.05, 0) is 30.5 Å². The fourth-order valence-electron chi connectivity index (χ4n) is 3.47. The number of aliphatic hydroxyl groups is 1. The normalized spacial score (nSPS) is 18.7. The lowest BCUT2D eigenvalue weighted by atomic mass is 10.1. The molecule has 0 unspecified atom stereocenters. The van der Waals surface area contributed by atoms with Gasteiger partial charge in [-0.3, -0.25) is 0 Å². The van der Waals surface area contributed by atoms with Crippen LogP contribution in [0.5, 0.6) is 0 Å². The Kier molecular flexibility index (Phi) is 4.34. The number of nitrogens with zero attached hydrogens (tertiary/aromatic N) is 2. The molecule has 6 nitrogen and oxygen atoms in total. The third-order valence-electron chi connectivity index (χ3n) is 4.68. The molecule has 1 aliphatic carbocycles. The number of rotatable bonds is 4. The summed E-state index contributed by atoms with van der Waals surface area (Å²) in [5.74, 6) is 0.283. The Morgan fingerprint density at radius 3 is 3.00 bits per heavy atom. The average molecular weight is 369 g/mol. The van der Waals surface area contributed by atoms with Crippen LogP contribution in [0.1, 0.15) is 39.3 Å². The Balaban J connectivity index is 1.75. The van der Waals surface area contributed by atoms with Crippen LogP contribution in [0.15, 0.2) is 30.6 Å². The molecule has 2 N–H and O–H groups in total. The van der Waals surface area contributed by atoms with Crippen molar-refractivity contribution < 1.29 is 14.6 Å². The molecule has 0 fully saturated rings. The quantitative estimate of drug-likeness (QED) is 0.687. The van der Waals surface area contributed by atoms with Gasteiger partial charge in [0, 0.05) is 6.42 Å². The van der Waals surface area contributed by atoms with E-state index in [1.54, 1.807) is 6.92 Å². The molecule has 0 bridgehead atoms. The van der Waals surface area contributed by atoms with Gasteiger partial charge in [-0.15, -0.1) is 11.3 Å². The third-order valence-corrected chi connectivity index (χ3v) is 5.86. The van der Waals surface area contributed by atoms with Crippen LogP contribution in [0.25, 0.3) is 10.2 Å². The van der Waals surface area contributed by atoms with E-state index in [4.69, 9.17) is 4.74 Å². The number of nitrogens with one attached hydrogen (secondary N) is 1. The summed E-state index contributed by atoms with van der Waals surface area (Å²) in [4.78, 5) is 22.1. The summed E-state index contributed by atoms with van der Waals surface area (Å²) in [6, 6.07) is 7.76. The number of aryl methyl sites for hydroxylation is 1. The van der Waals surface area contributed by atoms with E-state index in [2.05, 4.69) is 15.3 Å². The number of carbonyl (C=O) groups is 1. The zero-order chi connectivity index (χ0) is 18.3. The predicted molar refractivity (Wildman–Crippen MR) is 101 cm³/mol. The van der Waals surface area contributed by atoms with Gasteiger partial charge in [0.15, 0.2) is 0 Å². The van der Waals surface area contributed by atoms with E-state index in [-0.39, 0.29) is 12.0 Å². The van der Waals surface area contributed by atoms with Crippen molar-refractivity contribution in [3.05, 3.63) is 52.2 Å². The fourth-order valence-corrected chi connectivity index (χ4v) is 4.51. The number of aromatic nitrogens is 2. The van der Waals surface area contributed by atoms with Crippen LogP contribution >= 0.6 is 11.3 Å². The summed E-state index contributed by atoms with van der Waals surface area (Å²) in [6.07, 6.45) is 1.56. The van der Waals surface area contributed by atoms with Gasteiger partial charge in [0.25, 0.3) is 0 Å². The summed E-state index contributed by atoms with van der Waals surface area (Å²) < 4.78 is 5.14. The standard InChI is InChI=1S/C19H19N3O3S/c1-3-25-19(24)16-10(2)14-17(20-9-21-18(14)26-16)22-15-12-7-5-4-6-11(12)8-13(15)23/h4-7,9,13,15,23H,3,8H2,1-2H3,(H,20,21,22)/t13-,15-/m1/s1. The average Bonchev–Trinajstić information content (AvgIpc) is 3.13. The zero-order valence-corrected chi connectivity index (χ0v) is 15.3. The molecule has 134 valence electrons. The number of ether oxygens (including phenoxy) is 1. The molecule has 0 saturated heterocycles. The first-order valence-corrected chi connectivity index (χ1v) is 9.35. The number of esters is 1. The Hall–Kier alpha value is -2.51. The lowest BCUT2D eigenvalue weighted by Gasteiger charge is -2.19. The highest BCUT2D eigenvalue weighted by Gasteiger charge is 2.32. The smallest absolute Gasteiger partial charge is 0.348 e. The van der Waals surface area contributed by atoms with Gasteiger partial charge in [0.1, 0.15) is 21.9 Å². The van der Waals surface area contributed by atoms with Crippen LogP contribution in [-0.2, 0) is 11.2 Å². The van der Waals surface area contributed by atoms with E-state index in [0.717, 1.165) is 26.9 Å².